The van der Waals surface area contributed by atoms with Crippen molar-refractivity contribution < 1.29 is 20.1 Å². The molecule has 0 heterocycles. The van der Waals surface area contributed by atoms with Crippen LogP contribution in [0.1, 0.15) is 27.2 Å². The van der Waals surface area contributed by atoms with E-state index >= 15 is 0 Å². The number of aliphatic hydroxyl groups excluding tert-OH is 3. The molecule has 0 saturated heterocycles. The molecule has 0 aliphatic heterocycles. The van der Waals surface area contributed by atoms with Crippen molar-refractivity contribution >= 4 is 0 Å². The van der Waals surface area contributed by atoms with Gasteiger partial charge in [0.05, 0.1) is 6.61 Å². The van der Waals surface area contributed by atoms with E-state index in [1.54, 1.807) is 20.8 Å². The van der Waals surface area contributed by atoms with Gasteiger partial charge in [0.1, 0.15) is 11.8 Å². The summed E-state index contributed by atoms with van der Waals surface area (Å²) in [5, 5.41) is 31.1. The van der Waals surface area contributed by atoms with Gasteiger partial charge in [-0.15, -0.1) is 0 Å². The van der Waals surface area contributed by atoms with Crippen LogP contribution in [0.4, 0.5) is 0 Å². The first-order chi connectivity index (χ1) is 7.34. The molecule has 5 nitrogen and oxygen atoms in total. The van der Waals surface area contributed by atoms with E-state index in [1.807, 2.05) is 0 Å². The van der Waals surface area contributed by atoms with E-state index in [2.05, 4.69) is 5.32 Å². The summed E-state index contributed by atoms with van der Waals surface area (Å²) >= 11 is 0. The number of methoxy groups -OCH3 is 1. The molecular formula is C11H25NO4. The molecule has 98 valence electrons. The van der Waals surface area contributed by atoms with Crippen LogP contribution in [-0.2, 0) is 4.74 Å². The first kappa shape index (κ1) is 15.8. The standard InChI is InChI=1S/C11H25NO4/c1-10(2,8-14)9(15)11(3,16-4)12-6-5-7-13/h9,12-15H,5-8H2,1-4H3. The Balaban J connectivity index is 4.54. The Morgan fingerprint density at radius 2 is 1.81 bits per heavy atom. The summed E-state index contributed by atoms with van der Waals surface area (Å²) in [6.45, 7) is 5.76. The smallest absolute Gasteiger partial charge is 0.142 e. The Morgan fingerprint density at radius 1 is 1.25 bits per heavy atom. The Kier molecular flexibility index (Phi) is 6.43. The molecule has 0 aliphatic rings. The molecule has 0 aromatic carbocycles. The zero-order chi connectivity index (χ0) is 12.8. The molecule has 2 atom stereocenters. The summed E-state index contributed by atoms with van der Waals surface area (Å²) in [6.07, 6.45) is -0.265. The number of hydrogen-bond acceptors (Lipinski definition) is 5. The van der Waals surface area contributed by atoms with E-state index in [4.69, 9.17) is 9.84 Å². The average molecular weight is 235 g/mol. The van der Waals surface area contributed by atoms with E-state index < -0.39 is 17.2 Å². The van der Waals surface area contributed by atoms with Crippen molar-refractivity contribution in [3.63, 3.8) is 0 Å². The van der Waals surface area contributed by atoms with Crippen LogP contribution in [0.15, 0.2) is 0 Å². The summed E-state index contributed by atoms with van der Waals surface area (Å²) in [6, 6.07) is 0. The maximum Gasteiger partial charge on any atom is 0.142 e. The summed E-state index contributed by atoms with van der Waals surface area (Å²) in [5.74, 6) is 0. The molecule has 0 amide bonds. The van der Waals surface area contributed by atoms with Gasteiger partial charge in [0.2, 0.25) is 0 Å². The van der Waals surface area contributed by atoms with Gasteiger partial charge in [-0.2, -0.15) is 0 Å². The molecule has 0 spiro atoms. The van der Waals surface area contributed by atoms with E-state index in [0.29, 0.717) is 13.0 Å². The first-order valence-corrected chi connectivity index (χ1v) is 5.54. The largest absolute Gasteiger partial charge is 0.396 e. The minimum absolute atomic E-state index is 0.0896. The number of aliphatic hydroxyl groups is 3. The van der Waals surface area contributed by atoms with Gasteiger partial charge >= 0.3 is 0 Å². The monoisotopic (exact) mass is 235 g/mol. The van der Waals surface area contributed by atoms with Gasteiger partial charge in [0, 0.05) is 25.7 Å². The van der Waals surface area contributed by atoms with Crippen molar-refractivity contribution in [1.29, 1.82) is 0 Å². The molecule has 0 bridgehead atoms. The molecule has 0 saturated carbocycles. The molecule has 2 unspecified atom stereocenters. The zero-order valence-corrected chi connectivity index (χ0v) is 10.7. The Hall–Kier alpha value is -0.200. The fraction of sp³-hybridized carbons (Fsp3) is 1.00. The molecule has 0 fully saturated rings. The Bertz CT molecular complexity index is 198. The van der Waals surface area contributed by atoms with Gasteiger partial charge in [-0.05, 0) is 13.3 Å². The Labute approximate surface area is 97.4 Å². The third-order valence-electron chi connectivity index (χ3n) is 2.90. The number of ether oxygens (including phenoxy) is 1. The molecule has 16 heavy (non-hydrogen) atoms. The normalized spacial score (nSPS) is 18.2. The van der Waals surface area contributed by atoms with Crippen LogP contribution in [-0.4, -0.2) is 54.0 Å². The van der Waals surface area contributed by atoms with Crippen molar-refractivity contribution in [3.8, 4) is 0 Å². The van der Waals surface area contributed by atoms with Gasteiger partial charge in [-0.3, -0.25) is 5.32 Å². The van der Waals surface area contributed by atoms with Gasteiger partial charge in [-0.25, -0.2) is 0 Å². The second-order valence-corrected chi connectivity index (χ2v) is 4.86. The van der Waals surface area contributed by atoms with Crippen LogP contribution >= 0.6 is 0 Å². The van der Waals surface area contributed by atoms with Crippen LogP contribution in [0.25, 0.3) is 0 Å². The van der Waals surface area contributed by atoms with E-state index in [0.717, 1.165) is 0 Å². The van der Waals surface area contributed by atoms with E-state index in [1.165, 1.54) is 7.11 Å². The fourth-order valence-electron chi connectivity index (χ4n) is 1.53. The van der Waals surface area contributed by atoms with Crippen molar-refractivity contribution in [2.24, 2.45) is 5.41 Å². The summed E-state index contributed by atoms with van der Waals surface area (Å²) in [4.78, 5) is 0. The third-order valence-corrected chi connectivity index (χ3v) is 2.90. The predicted octanol–water partition coefficient (Wildman–Crippen LogP) is -0.300. The molecule has 0 aliphatic carbocycles. The van der Waals surface area contributed by atoms with Crippen molar-refractivity contribution in [1.82, 2.24) is 5.32 Å². The highest BCUT2D eigenvalue weighted by Crippen LogP contribution is 2.28. The summed E-state index contributed by atoms with van der Waals surface area (Å²) in [5.41, 5.74) is -1.58. The quantitative estimate of drug-likeness (QED) is 0.343. The number of nitrogens with one attached hydrogen (secondary N) is 1. The van der Waals surface area contributed by atoms with Crippen LogP contribution in [0, 0.1) is 5.41 Å². The van der Waals surface area contributed by atoms with Gasteiger partial charge in [0.25, 0.3) is 0 Å². The molecular weight excluding hydrogens is 210 g/mol. The minimum Gasteiger partial charge on any atom is -0.396 e. The van der Waals surface area contributed by atoms with Crippen LogP contribution < -0.4 is 5.32 Å². The van der Waals surface area contributed by atoms with Crippen molar-refractivity contribution in [2.75, 3.05) is 26.9 Å². The van der Waals surface area contributed by atoms with Gasteiger partial charge in [-0.1, -0.05) is 13.8 Å². The highest BCUT2D eigenvalue weighted by Gasteiger charge is 2.42. The maximum absolute atomic E-state index is 10.2. The lowest BCUT2D eigenvalue weighted by Crippen LogP contribution is -2.59. The molecule has 5 heteroatoms. The van der Waals surface area contributed by atoms with Gasteiger partial charge < -0.3 is 20.1 Å². The lowest BCUT2D eigenvalue weighted by atomic mass is 9.82. The summed E-state index contributed by atoms with van der Waals surface area (Å²) < 4.78 is 5.28. The van der Waals surface area contributed by atoms with Crippen LogP contribution in [0.3, 0.4) is 0 Å². The van der Waals surface area contributed by atoms with Crippen LogP contribution in [0.5, 0.6) is 0 Å². The predicted molar refractivity (Wildman–Crippen MR) is 62.0 cm³/mol. The first-order valence-electron chi connectivity index (χ1n) is 5.54. The maximum atomic E-state index is 10.2. The summed E-state index contributed by atoms with van der Waals surface area (Å²) in [7, 11) is 1.50. The average Bonchev–Trinajstić information content (AvgIpc) is 2.28. The van der Waals surface area contributed by atoms with Crippen molar-refractivity contribution in [2.45, 2.75) is 39.0 Å². The Morgan fingerprint density at radius 3 is 2.19 bits per heavy atom. The van der Waals surface area contributed by atoms with Crippen LogP contribution in [0.2, 0.25) is 0 Å². The lowest BCUT2D eigenvalue weighted by Gasteiger charge is -2.41. The lowest BCUT2D eigenvalue weighted by molar-refractivity contribution is -0.161. The van der Waals surface area contributed by atoms with E-state index in [-0.39, 0.29) is 13.2 Å². The number of hydrogen-bond donors (Lipinski definition) is 4. The SMILES string of the molecule is COC(C)(NCCCO)C(O)C(C)(C)CO. The molecule has 0 aromatic heterocycles. The molecule has 0 aromatic rings. The molecule has 0 radical (unpaired) electrons. The minimum atomic E-state index is -0.929. The second kappa shape index (κ2) is 6.51. The van der Waals surface area contributed by atoms with Gasteiger partial charge in [0.15, 0.2) is 0 Å². The zero-order valence-electron chi connectivity index (χ0n) is 10.7. The highest BCUT2D eigenvalue weighted by atomic mass is 16.5. The molecule has 4 N–H and O–H groups in total. The number of rotatable bonds is 8. The topological polar surface area (TPSA) is 82.0 Å². The van der Waals surface area contributed by atoms with E-state index in [9.17, 15) is 10.2 Å². The fourth-order valence-corrected chi connectivity index (χ4v) is 1.53. The highest BCUT2D eigenvalue weighted by molar-refractivity contribution is 4.91. The second-order valence-electron chi connectivity index (χ2n) is 4.86. The molecule has 0 rings (SSSR count). The third kappa shape index (κ3) is 3.99. The van der Waals surface area contributed by atoms with Crippen molar-refractivity contribution in [3.05, 3.63) is 0 Å².